The first kappa shape index (κ1) is 18.7. The summed E-state index contributed by atoms with van der Waals surface area (Å²) in [6.07, 6.45) is 8.81. The van der Waals surface area contributed by atoms with Crippen LogP contribution in [-0.2, 0) is 17.1 Å². The molecule has 0 aliphatic carbocycles. The number of H-pyrrole nitrogens is 1. The number of rotatable bonds is 5. The molecule has 1 aliphatic rings. The maximum absolute atomic E-state index is 12.8. The highest BCUT2D eigenvalue weighted by Crippen LogP contribution is 2.35. The molecule has 0 atom stereocenters. The lowest BCUT2D eigenvalue weighted by atomic mass is 10.0. The zero-order valence-corrected chi connectivity index (χ0v) is 17.4. The van der Waals surface area contributed by atoms with Crippen molar-refractivity contribution in [1.29, 1.82) is 0 Å². The second-order valence-electron chi connectivity index (χ2n) is 7.51. The Morgan fingerprint density at radius 1 is 1.13 bits per heavy atom. The fraction of sp³-hybridized carbons (Fsp3) is 0.238. The molecule has 0 amide bonds. The number of pyridine rings is 1. The van der Waals surface area contributed by atoms with Crippen molar-refractivity contribution in [3.8, 4) is 11.1 Å². The fourth-order valence-electron chi connectivity index (χ4n) is 3.94. The Morgan fingerprint density at radius 3 is 2.73 bits per heavy atom. The molecule has 5 rings (SSSR count). The first-order chi connectivity index (χ1) is 14.5. The van der Waals surface area contributed by atoms with Crippen LogP contribution in [0, 0.1) is 0 Å². The minimum absolute atomic E-state index is 0.0249. The van der Waals surface area contributed by atoms with Gasteiger partial charge in [-0.2, -0.15) is 8.42 Å². The highest BCUT2D eigenvalue weighted by atomic mass is 32.2. The average molecular weight is 423 g/mol. The summed E-state index contributed by atoms with van der Waals surface area (Å²) in [5, 5.41) is 0.707. The van der Waals surface area contributed by atoms with Crippen molar-refractivity contribution in [2.75, 3.05) is 22.7 Å². The number of aryl methyl sites for hydroxylation is 1. The van der Waals surface area contributed by atoms with Crippen molar-refractivity contribution in [2.24, 2.45) is 7.05 Å². The molecule has 2 N–H and O–H groups in total. The number of hydrogen-bond donors (Lipinski definition) is 2. The van der Waals surface area contributed by atoms with E-state index < -0.39 is 10.0 Å². The standard InChI is InChI=1S/C21H22N6O2S/c1-26-13-19(24-14-26)30(28,29)25-18-7-8-22-21-20(18)17(12-23-21)15-5-4-6-16(11-15)27-9-2-3-10-27/h4-8,11-14H,2-3,9-10H2,1H3,(H2,22,23,25). The van der Waals surface area contributed by atoms with Gasteiger partial charge in [-0.3, -0.25) is 4.72 Å². The molecule has 1 aromatic carbocycles. The Bertz CT molecular complexity index is 1320. The molecule has 0 spiro atoms. The number of imidazole rings is 1. The molecule has 1 aliphatic heterocycles. The predicted molar refractivity (Wildman–Crippen MR) is 117 cm³/mol. The quantitative estimate of drug-likeness (QED) is 0.514. The maximum Gasteiger partial charge on any atom is 0.280 e. The summed E-state index contributed by atoms with van der Waals surface area (Å²) >= 11 is 0. The smallest absolute Gasteiger partial charge is 0.280 e. The number of benzene rings is 1. The fourth-order valence-corrected chi connectivity index (χ4v) is 4.99. The Balaban J connectivity index is 1.58. The van der Waals surface area contributed by atoms with Crippen LogP contribution >= 0.6 is 0 Å². The van der Waals surface area contributed by atoms with Crippen LogP contribution in [0.1, 0.15) is 12.8 Å². The zero-order valence-electron chi connectivity index (χ0n) is 16.5. The van der Waals surface area contributed by atoms with Crippen molar-refractivity contribution >= 4 is 32.4 Å². The van der Waals surface area contributed by atoms with Gasteiger partial charge in [0.2, 0.25) is 0 Å². The second-order valence-corrected chi connectivity index (χ2v) is 9.14. The van der Waals surface area contributed by atoms with Gasteiger partial charge < -0.3 is 14.5 Å². The van der Waals surface area contributed by atoms with Gasteiger partial charge in [0.15, 0.2) is 5.03 Å². The normalized spacial score (nSPS) is 14.5. The summed E-state index contributed by atoms with van der Waals surface area (Å²) in [5.74, 6) is 0. The summed E-state index contributed by atoms with van der Waals surface area (Å²) < 4.78 is 29.9. The van der Waals surface area contributed by atoms with Crippen LogP contribution in [0.15, 0.2) is 60.3 Å². The molecule has 0 saturated carbocycles. The van der Waals surface area contributed by atoms with Gasteiger partial charge in [0, 0.05) is 50.0 Å². The van der Waals surface area contributed by atoms with Gasteiger partial charge in [0.1, 0.15) is 5.65 Å². The van der Waals surface area contributed by atoms with E-state index in [0.717, 1.165) is 29.6 Å². The van der Waals surface area contributed by atoms with E-state index in [2.05, 4.69) is 36.7 Å². The molecule has 1 fully saturated rings. The molecular weight excluding hydrogens is 400 g/mol. The van der Waals surface area contributed by atoms with Crippen molar-refractivity contribution in [2.45, 2.75) is 17.9 Å². The number of aromatic nitrogens is 4. The molecule has 0 radical (unpaired) electrons. The summed E-state index contributed by atoms with van der Waals surface area (Å²) in [6.45, 7) is 2.13. The zero-order chi connectivity index (χ0) is 20.7. The molecular formula is C21H22N6O2S. The van der Waals surface area contributed by atoms with Gasteiger partial charge in [-0.15, -0.1) is 0 Å². The topological polar surface area (TPSA) is 95.9 Å². The Hall–Kier alpha value is -3.33. The Morgan fingerprint density at radius 2 is 1.97 bits per heavy atom. The van der Waals surface area contributed by atoms with Crippen molar-refractivity contribution in [3.63, 3.8) is 0 Å². The minimum Gasteiger partial charge on any atom is -0.372 e. The second kappa shape index (κ2) is 7.17. The van der Waals surface area contributed by atoms with Crippen LogP contribution < -0.4 is 9.62 Å². The molecule has 8 nitrogen and oxygen atoms in total. The third kappa shape index (κ3) is 3.30. The first-order valence-corrected chi connectivity index (χ1v) is 11.3. The highest BCUT2D eigenvalue weighted by molar-refractivity contribution is 7.92. The van der Waals surface area contributed by atoms with Crippen molar-refractivity contribution in [1.82, 2.24) is 19.5 Å². The third-order valence-electron chi connectivity index (χ3n) is 5.40. The van der Waals surface area contributed by atoms with Crippen LogP contribution in [0.25, 0.3) is 22.2 Å². The Labute approximate surface area is 174 Å². The number of sulfonamides is 1. The van der Waals surface area contributed by atoms with Gasteiger partial charge in [0.05, 0.1) is 17.4 Å². The molecule has 0 bridgehead atoms. The van der Waals surface area contributed by atoms with E-state index in [9.17, 15) is 8.42 Å². The average Bonchev–Trinajstić information content (AvgIpc) is 3.49. The van der Waals surface area contributed by atoms with E-state index in [1.165, 1.54) is 31.1 Å². The van der Waals surface area contributed by atoms with Gasteiger partial charge in [0.25, 0.3) is 10.0 Å². The van der Waals surface area contributed by atoms with Crippen molar-refractivity contribution in [3.05, 3.63) is 55.2 Å². The number of aromatic amines is 1. The predicted octanol–water partition coefficient (Wildman–Crippen LogP) is 3.36. The highest BCUT2D eigenvalue weighted by Gasteiger charge is 2.21. The van der Waals surface area contributed by atoms with Crippen LogP contribution in [0.5, 0.6) is 0 Å². The van der Waals surface area contributed by atoms with E-state index in [0.29, 0.717) is 11.3 Å². The van der Waals surface area contributed by atoms with Crippen molar-refractivity contribution < 1.29 is 8.42 Å². The molecule has 1 saturated heterocycles. The summed E-state index contributed by atoms with van der Waals surface area (Å²) in [4.78, 5) is 13.9. The lowest BCUT2D eigenvalue weighted by molar-refractivity contribution is 0.598. The third-order valence-corrected chi connectivity index (χ3v) is 6.65. The van der Waals surface area contributed by atoms with Gasteiger partial charge in [-0.1, -0.05) is 12.1 Å². The van der Waals surface area contributed by atoms with Crippen LogP contribution in [0.3, 0.4) is 0 Å². The Kier molecular flexibility index (Phi) is 4.47. The summed E-state index contributed by atoms with van der Waals surface area (Å²) in [5.41, 5.74) is 4.18. The largest absolute Gasteiger partial charge is 0.372 e. The summed E-state index contributed by atoms with van der Waals surface area (Å²) in [7, 11) is -2.08. The van der Waals surface area contributed by atoms with Gasteiger partial charge in [-0.25, -0.2) is 9.97 Å². The molecule has 30 heavy (non-hydrogen) atoms. The molecule has 9 heteroatoms. The molecule has 3 aromatic heterocycles. The molecule has 0 unspecified atom stereocenters. The lowest BCUT2D eigenvalue weighted by Crippen LogP contribution is -2.17. The van der Waals surface area contributed by atoms with E-state index in [-0.39, 0.29) is 5.03 Å². The van der Waals surface area contributed by atoms with E-state index >= 15 is 0 Å². The minimum atomic E-state index is -3.81. The van der Waals surface area contributed by atoms with Gasteiger partial charge in [-0.05, 0) is 36.6 Å². The van der Waals surface area contributed by atoms with Crippen LogP contribution in [0.4, 0.5) is 11.4 Å². The monoisotopic (exact) mass is 422 g/mol. The lowest BCUT2D eigenvalue weighted by Gasteiger charge is -2.18. The van der Waals surface area contributed by atoms with E-state index in [1.807, 2.05) is 18.3 Å². The van der Waals surface area contributed by atoms with Crippen LogP contribution in [-0.4, -0.2) is 41.0 Å². The van der Waals surface area contributed by atoms with Crippen LogP contribution in [0.2, 0.25) is 0 Å². The molecule has 4 aromatic rings. The number of hydrogen-bond acceptors (Lipinski definition) is 5. The maximum atomic E-state index is 12.8. The van der Waals surface area contributed by atoms with E-state index in [4.69, 9.17) is 0 Å². The number of anilines is 2. The van der Waals surface area contributed by atoms with E-state index in [1.54, 1.807) is 23.9 Å². The molecule has 4 heterocycles. The SMILES string of the molecule is Cn1cnc(S(=O)(=O)Nc2ccnc3[nH]cc(-c4cccc(N5CCCC5)c4)c23)c1. The number of nitrogens with zero attached hydrogens (tertiary/aromatic N) is 4. The van der Waals surface area contributed by atoms with Gasteiger partial charge >= 0.3 is 0 Å². The summed E-state index contributed by atoms with van der Waals surface area (Å²) in [6, 6.07) is 10.0. The number of fused-ring (bicyclic) bond motifs is 1. The molecule has 154 valence electrons. The number of nitrogens with one attached hydrogen (secondary N) is 2. The first-order valence-electron chi connectivity index (χ1n) is 9.83.